The van der Waals surface area contributed by atoms with Crippen molar-refractivity contribution in [2.75, 3.05) is 18.6 Å². The first kappa shape index (κ1) is 58.2. The number of hydrogen-bond donors (Lipinski definition) is 6. The Morgan fingerprint density at radius 2 is 1.23 bits per heavy atom. The normalized spacial score (nSPS) is 13.3. The van der Waals surface area contributed by atoms with E-state index in [0.29, 0.717) is 30.7 Å². The topological polar surface area (TPSA) is 228 Å². The van der Waals surface area contributed by atoms with Crippen molar-refractivity contribution >= 4 is 52.7 Å². The molecular formula is C50H85N5O8S. The van der Waals surface area contributed by atoms with Gasteiger partial charge in [-0.05, 0) is 88.1 Å². The fourth-order valence-electron chi connectivity index (χ4n) is 7.73. The van der Waals surface area contributed by atoms with Crippen LogP contribution in [0.25, 0.3) is 0 Å². The molecule has 0 saturated heterocycles. The van der Waals surface area contributed by atoms with Crippen molar-refractivity contribution < 1.29 is 38.7 Å². The lowest BCUT2D eigenvalue weighted by Crippen LogP contribution is -2.52. The van der Waals surface area contributed by atoms with Gasteiger partial charge in [0.1, 0.15) is 5.75 Å². The number of unbranched alkanes of at least 4 members (excludes halogenated alkanes) is 13. The summed E-state index contributed by atoms with van der Waals surface area (Å²) < 4.78 is 0. The summed E-state index contributed by atoms with van der Waals surface area (Å²) in [5.41, 5.74) is 10.4. The molecule has 0 aliphatic heterocycles. The number of Topliss-reactive ketones (excluding diaryl/α,β-unsaturated/α-hetero) is 3. The summed E-state index contributed by atoms with van der Waals surface area (Å²) in [5.74, 6) is -3.19. The van der Waals surface area contributed by atoms with Crippen LogP contribution < -0.4 is 27.4 Å². The van der Waals surface area contributed by atoms with Crippen molar-refractivity contribution in [3.05, 3.63) is 29.8 Å². The van der Waals surface area contributed by atoms with Crippen LogP contribution in [0.4, 0.5) is 0 Å². The number of nitrogens with one attached hydrogen (secondary N) is 3. The molecule has 0 aliphatic carbocycles. The maximum Gasteiger partial charge on any atom is 0.224 e. The Labute approximate surface area is 389 Å². The third-order valence-corrected chi connectivity index (χ3v) is 12.6. The van der Waals surface area contributed by atoms with Gasteiger partial charge in [-0.2, -0.15) is 11.8 Å². The largest absolute Gasteiger partial charge is 0.508 e. The van der Waals surface area contributed by atoms with Crippen LogP contribution in [0.3, 0.4) is 0 Å². The quantitative estimate of drug-likeness (QED) is 0.0348. The Hall–Kier alpha value is -3.78. The standard InChI is InChI=1S/C50H85N5O8S/c1-6-7-8-9-10-11-12-13-14-15-16-17-18-22-47(61)53-41(31-33-64-5)43(57)28-30-48(62)54-42(35-38-23-26-40(56)27-24-38)44(58)36-39(25-29-46(52)60)49(63)55-50(3,4)45(59)34-37(2)21-19-20-32-51/h23-24,26-27,37,39,41-42,56H,6-22,25,28-36,51H2,1-5H3,(H2,52,60)(H,53,61)(H,54,62)(H,55,63)/t37-,39-,41+,42+/m1/s1. The Kier molecular flexibility index (Phi) is 31.4. The lowest BCUT2D eigenvalue weighted by molar-refractivity contribution is -0.136. The van der Waals surface area contributed by atoms with E-state index in [9.17, 15) is 38.7 Å². The second kappa shape index (κ2) is 34.6. The van der Waals surface area contributed by atoms with Gasteiger partial charge in [-0.15, -0.1) is 0 Å². The highest BCUT2D eigenvalue weighted by Crippen LogP contribution is 2.22. The molecule has 0 fully saturated rings. The monoisotopic (exact) mass is 916 g/mol. The van der Waals surface area contributed by atoms with E-state index >= 15 is 0 Å². The number of carbonyl (C=O) groups is 7. The molecule has 1 aromatic rings. The summed E-state index contributed by atoms with van der Waals surface area (Å²) in [5, 5.41) is 18.3. The van der Waals surface area contributed by atoms with Crippen LogP contribution in [-0.4, -0.2) is 82.3 Å². The minimum atomic E-state index is -1.25. The van der Waals surface area contributed by atoms with E-state index < -0.39 is 47.0 Å². The zero-order valence-corrected chi connectivity index (χ0v) is 40.9. The molecule has 0 radical (unpaired) electrons. The Balaban J connectivity index is 2.90. The van der Waals surface area contributed by atoms with Crippen LogP contribution in [-0.2, 0) is 40.0 Å². The number of rotatable bonds is 40. The maximum absolute atomic E-state index is 14.0. The highest BCUT2D eigenvalue weighted by Gasteiger charge is 2.35. The van der Waals surface area contributed by atoms with Crippen molar-refractivity contribution in [2.24, 2.45) is 23.3 Å². The van der Waals surface area contributed by atoms with Crippen molar-refractivity contribution in [2.45, 2.75) is 206 Å². The van der Waals surface area contributed by atoms with Gasteiger partial charge in [0.25, 0.3) is 0 Å². The van der Waals surface area contributed by atoms with Gasteiger partial charge in [-0.1, -0.05) is 116 Å². The molecule has 13 nitrogen and oxygen atoms in total. The van der Waals surface area contributed by atoms with Gasteiger partial charge < -0.3 is 32.5 Å². The zero-order chi connectivity index (χ0) is 47.8. The molecule has 0 aliphatic rings. The van der Waals surface area contributed by atoms with Gasteiger partial charge in [0.2, 0.25) is 23.6 Å². The summed E-state index contributed by atoms with van der Waals surface area (Å²) in [4.78, 5) is 92.7. The van der Waals surface area contributed by atoms with Crippen LogP contribution in [0.2, 0.25) is 0 Å². The van der Waals surface area contributed by atoms with Crippen LogP contribution >= 0.6 is 11.8 Å². The van der Waals surface area contributed by atoms with E-state index in [1.54, 1.807) is 37.7 Å². The van der Waals surface area contributed by atoms with E-state index in [1.165, 1.54) is 69.9 Å². The van der Waals surface area contributed by atoms with Crippen molar-refractivity contribution in [3.63, 3.8) is 0 Å². The van der Waals surface area contributed by atoms with Crippen LogP contribution in [0.15, 0.2) is 24.3 Å². The molecule has 14 heteroatoms. The molecule has 1 rings (SSSR count). The van der Waals surface area contributed by atoms with Crippen molar-refractivity contribution in [1.29, 1.82) is 0 Å². The van der Waals surface area contributed by atoms with E-state index in [-0.39, 0.29) is 74.1 Å². The predicted octanol–water partition coefficient (Wildman–Crippen LogP) is 7.95. The lowest BCUT2D eigenvalue weighted by atomic mass is 9.87. The van der Waals surface area contributed by atoms with Crippen LogP contribution in [0.1, 0.15) is 187 Å². The minimum Gasteiger partial charge on any atom is -0.508 e. The number of phenols is 1. The molecule has 4 amide bonds. The number of nitrogens with two attached hydrogens (primary N) is 2. The number of ketones is 3. The van der Waals surface area contributed by atoms with Gasteiger partial charge in [0, 0.05) is 44.4 Å². The van der Waals surface area contributed by atoms with E-state index in [2.05, 4.69) is 22.9 Å². The van der Waals surface area contributed by atoms with E-state index in [4.69, 9.17) is 11.5 Å². The fourth-order valence-corrected chi connectivity index (χ4v) is 8.20. The Morgan fingerprint density at radius 1 is 0.672 bits per heavy atom. The molecule has 1 aromatic carbocycles. The predicted molar refractivity (Wildman–Crippen MR) is 259 cm³/mol. The third-order valence-electron chi connectivity index (χ3n) is 11.9. The number of hydrogen-bond acceptors (Lipinski definition) is 10. The number of thioether (sulfide) groups is 1. The first-order valence-corrected chi connectivity index (χ1v) is 25.7. The first-order valence-electron chi connectivity index (χ1n) is 24.3. The highest BCUT2D eigenvalue weighted by molar-refractivity contribution is 7.98. The van der Waals surface area contributed by atoms with Gasteiger partial charge in [0.15, 0.2) is 17.3 Å². The molecule has 0 unspecified atom stereocenters. The van der Waals surface area contributed by atoms with Crippen LogP contribution in [0.5, 0.6) is 5.75 Å². The molecule has 8 N–H and O–H groups in total. The summed E-state index contributed by atoms with van der Waals surface area (Å²) in [6.07, 6.45) is 20.2. The van der Waals surface area contributed by atoms with E-state index in [1.807, 2.05) is 13.2 Å². The molecule has 0 heterocycles. The number of benzene rings is 1. The molecule has 0 bridgehead atoms. The van der Waals surface area contributed by atoms with Crippen LogP contribution in [0, 0.1) is 11.8 Å². The number of amides is 4. The highest BCUT2D eigenvalue weighted by atomic mass is 32.2. The first-order chi connectivity index (χ1) is 30.5. The average molecular weight is 916 g/mol. The molecule has 0 aromatic heterocycles. The molecule has 64 heavy (non-hydrogen) atoms. The second-order valence-corrected chi connectivity index (χ2v) is 19.3. The SMILES string of the molecule is CCCCCCCCCCCCCCCC(=O)N[C@@H](CCSC)C(=O)CCC(=O)N[C@@H](Cc1ccc(O)cc1)C(=O)C[C@@H](CCC(N)=O)C(=O)NC(C)(C)C(=O)C[C@H](C)CCCCN. The molecular weight excluding hydrogens is 831 g/mol. The second-order valence-electron chi connectivity index (χ2n) is 18.4. The van der Waals surface area contributed by atoms with Gasteiger partial charge in [-0.3, -0.25) is 33.6 Å². The molecule has 4 atom stereocenters. The molecule has 0 saturated carbocycles. The number of primary amides is 1. The maximum atomic E-state index is 14.0. The van der Waals surface area contributed by atoms with Crippen molar-refractivity contribution in [1.82, 2.24) is 16.0 Å². The smallest absolute Gasteiger partial charge is 0.224 e. The van der Waals surface area contributed by atoms with Crippen molar-refractivity contribution in [3.8, 4) is 5.75 Å². The fraction of sp³-hybridized carbons (Fsp3) is 0.740. The number of carbonyl (C=O) groups excluding carboxylic acids is 7. The summed E-state index contributed by atoms with van der Waals surface area (Å²) in [6.45, 7) is 8.01. The zero-order valence-electron chi connectivity index (χ0n) is 40.1. The summed E-state index contributed by atoms with van der Waals surface area (Å²) in [7, 11) is 0. The minimum absolute atomic E-state index is 0.0203. The molecule has 0 spiro atoms. The third kappa shape index (κ3) is 27.5. The number of phenolic OH excluding ortho intramolecular Hbond substituents is 1. The summed E-state index contributed by atoms with van der Waals surface area (Å²) >= 11 is 1.56. The Bertz CT molecular complexity index is 1540. The number of aromatic hydroxyl groups is 1. The molecule has 364 valence electrons. The summed E-state index contributed by atoms with van der Waals surface area (Å²) in [6, 6.07) is 4.30. The van der Waals surface area contributed by atoms with Gasteiger partial charge in [0.05, 0.1) is 17.6 Å². The lowest BCUT2D eigenvalue weighted by Gasteiger charge is -2.29. The Morgan fingerprint density at radius 3 is 1.80 bits per heavy atom. The average Bonchev–Trinajstić information content (AvgIpc) is 3.24. The van der Waals surface area contributed by atoms with Gasteiger partial charge in [-0.25, -0.2) is 0 Å². The van der Waals surface area contributed by atoms with E-state index in [0.717, 1.165) is 44.9 Å². The van der Waals surface area contributed by atoms with Gasteiger partial charge >= 0.3 is 0 Å².